The van der Waals surface area contributed by atoms with E-state index in [0.29, 0.717) is 50.2 Å². The van der Waals surface area contributed by atoms with Gasteiger partial charge in [-0.05, 0) is 36.6 Å². The Bertz CT molecular complexity index is 979. The molecule has 5 nitrogen and oxygen atoms in total. The predicted octanol–water partition coefficient (Wildman–Crippen LogP) is 3.61. The van der Waals surface area contributed by atoms with E-state index in [9.17, 15) is 9.18 Å². The van der Waals surface area contributed by atoms with E-state index in [-0.39, 0.29) is 24.0 Å². The topological polar surface area (TPSA) is 56.6 Å². The Morgan fingerprint density at radius 1 is 1.14 bits per heavy atom. The highest BCUT2D eigenvalue weighted by Gasteiger charge is 2.57. The lowest BCUT2D eigenvalue weighted by Crippen LogP contribution is -2.45. The highest BCUT2D eigenvalue weighted by atomic mass is 19.1. The fourth-order valence-electron chi connectivity index (χ4n) is 5.05. The Labute approximate surface area is 169 Å². The first-order chi connectivity index (χ1) is 14.1. The maximum Gasteiger partial charge on any atom is 0.231 e. The van der Waals surface area contributed by atoms with E-state index >= 15 is 0 Å². The first kappa shape index (κ1) is 18.1. The molecule has 148 valence electrons. The Morgan fingerprint density at radius 3 is 2.59 bits per heavy atom. The molecular weight excluding hydrogens is 369 g/mol. The Hall–Kier alpha value is -2.91. The molecule has 0 N–H and O–H groups in total. The summed E-state index contributed by atoms with van der Waals surface area (Å²) in [7, 11) is 0. The summed E-state index contributed by atoms with van der Waals surface area (Å²) in [5, 5.41) is 8.93. The zero-order valence-electron chi connectivity index (χ0n) is 16.1. The SMILES string of the molecule is N#Cc1ccc(N2CCC3(CC2)C[C@@H]2OC[C@@H](c4ccccc4)N2C3=O)c(F)c1. The third kappa shape index (κ3) is 2.89. The summed E-state index contributed by atoms with van der Waals surface area (Å²) in [5.74, 6) is -0.209. The molecule has 0 aromatic heterocycles. The summed E-state index contributed by atoms with van der Waals surface area (Å²) in [6, 6.07) is 16.6. The van der Waals surface area contributed by atoms with Gasteiger partial charge in [-0.2, -0.15) is 5.26 Å². The van der Waals surface area contributed by atoms with E-state index in [1.807, 2.05) is 46.2 Å². The van der Waals surface area contributed by atoms with Crippen LogP contribution in [-0.2, 0) is 9.53 Å². The van der Waals surface area contributed by atoms with Crippen molar-refractivity contribution >= 4 is 11.6 Å². The van der Waals surface area contributed by atoms with Crippen LogP contribution in [0.2, 0.25) is 0 Å². The Morgan fingerprint density at radius 2 is 1.90 bits per heavy atom. The number of benzene rings is 2. The number of anilines is 1. The molecule has 3 aliphatic rings. The van der Waals surface area contributed by atoms with Gasteiger partial charge in [0.1, 0.15) is 12.0 Å². The van der Waals surface area contributed by atoms with Gasteiger partial charge in [-0.25, -0.2) is 4.39 Å². The van der Waals surface area contributed by atoms with Gasteiger partial charge in [0.15, 0.2) is 0 Å². The molecular formula is C23H22FN3O2. The number of nitrogens with zero attached hydrogens (tertiary/aromatic N) is 3. The van der Waals surface area contributed by atoms with Crippen LogP contribution >= 0.6 is 0 Å². The van der Waals surface area contributed by atoms with Crippen molar-refractivity contribution in [1.82, 2.24) is 4.90 Å². The monoisotopic (exact) mass is 391 g/mol. The number of ether oxygens (including phenoxy) is 1. The minimum atomic E-state index is -0.419. The molecule has 29 heavy (non-hydrogen) atoms. The number of hydrogen-bond donors (Lipinski definition) is 0. The third-order valence-corrected chi connectivity index (χ3v) is 6.67. The van der Waals surface area contributed by atoms with Crippen molar-refractivity contribution in [3.8, 4) is 6.07 Å². The van der Waals surface area contributed by atoms with Crippen LogP contribution in [0.4, 0.5) is 10.1 Å². The van der Waals surface area contributed by atoms with Crippen molar-refractivity contribution in [2.45, 2.75) is 31.5 Å². The van der Waals surface area contributed by atoms with Crippen LogP contribution in [0.3, 0.4) is 0 Å². The highest BCUT2D eigenvalue weighted by Crippen LogP contribution is 2.50. The highest BCUT2D eigenvalue weighted by molar-refractivity contribution is 5.86. The number of rotatable bonds is 2. The van der Waals surface area contributed by atoms with Crippen LogP contribution < -0.4 is 4.90 Å². The predicted molar refractivity (Wildman–Crippen MR) is 105 cm³/mol. The van der Waals surface area contributed by atoms with Crippen LogP contribution in [0.25, 0.3) is 0 Å². The number of carbonyl (C=O) groups excluding carboxylic acids is 1. The van der Waals surface area contributed by atoms with Crippen molar-refractivity contribution in [2.24, 2.45) is 5.41 Å². The largest absolute Gasteiger partial charge is 0.369 e. The maximum absolute atomic E-state index is 14.4. The summed E-state index contributed by atoms with van der Waals surface area (Å²) in [6.07, 6.45) is 1.91. The zero-order valence-corrected chi connectivity index (χ0v) is 16.1. The van der Waals surface area contributed by atoms with E-state index in [1.165, 1.54) is 6.07 Å². The van der Waals surface area contributed by atoms with Gasteiger partial charge in [0.05, 0.1) is 35.4 Å². The molecule has 0 radical (unpaired) electrons. The lowest BCUT2D eigenvalue weighted by molar-refractivity contribution is -0.139. The molecule has 5 rings (SSSR count). The molecule has 1 spiro atoms. The van der Waals surface area contributed by atoms with Gasteiger partial charge in [-0.15, -0.1) is 0 Å². The maximum atomic E-state index is 14.4. The van der Waals surface area contributed by atoms with Crippen LogP contribution in [0.5, 0.6) is 0 Å². The second-order valence-electron chi connectivity index (χ2n) is 8.18. The Kier molecular flexibility index (Phi) is 4.29. The van der Waals surface area contributed by atoms with Crippen LogP contribution in [0.1, 0.15) is 36.4 Å². The van der Waals surface area contributed by atoms with Gasteiger partial charge in [-0.3, -0.25) is 4.79 Å². The second-order valence-corrected chi connectivity index (χ2v) is 8.18. The summed E-state index contributed by atoms with van der Waals surface area (Å²) < 4.78 is 20.4. The molecule has 3 heterocycles. The molecule has 0 aliphatic carbocycles. The van der Waals surface area contributed by atoms with E-state index in [0.717, 1.165) is 5.56 Å². The van der Waals surface area contributed by atoms with Crippen molar-refractivity contribution in [1.29, 1.82) is 5.26 Å². The number of amides is 1. The fraction of sp³-hybridized carbons (Fsp3) is 0.391. The van der Waals surface area contributed by atoms with Gasteiger partial charge in [0.2, 0.25) is 5.91 Å². The summed E-state index contributed by atoms with van der Waals surface area (Å²) >= 11 is 0. The number of halogens is 1. The van der Waals surface area contributed by atoms with Gasteiger partial charge in [-0.1, -0.05) is 30.3 Å². The second kappa shape index (κ2) is 6.85. The molecule has 2 aromatic rings. The summed E-state index contributed by atoms with van der Waals surface area (Å²) in [6.45, 7) is 1.77. The summed E-state index contributed by atoms with van der Waals surface area (Å²) in [5.41, 5.74) is 1.51. The molecule has 3 aliphatic heterocycles. The molecule has 6 heteroatoms. The van der Waals surface area contributed by atoms with Gasteiger partial charge < -0.3 is 14.5 Å². The van der Waals surface area contributed by atoms with E-state index in [2.05, 4.69) is 0 Å². The normalized spacial score (nSPS) is 25.3. The van der Waals surface area contributed by atoms with Crippen molar-refractivity contribution in [3.63, 3.8) is 0 Å². The van der Waals surface area contributed by atoms with E-state index in [4.69, 9.17) is 10.00 Å². The molecule has 2 atom stereocenters. The average Bonchev–Trinajstić information content (AvgIpc) is 3.28. The smallest absolute Gasteiger partial charge is 0.231 e. The number of nitriles is 1. The molecule has 3 saturated heterocycles. The first-order valence-electron chi connectivity index (χ1n) is 10.1. The molecule has 0 saturated carbocycles. The fourth-order valence-corrected chi connectivity index (χ4v) is 5.05. The first-order valence-corrected chi connectivity index (χ1v) is 10.1. The van der Waals surface area contributed by atoms with E-state index < -0.39 is 5.41 Å². The number of fused-ring (bicyclic) bond motifs is 1. The molecule has 2 aromatic carbocycles. The standard InChI is InChI=1S/C23H22FN3O2/c24-18-12-16(14-25)6-7-19(18)26-10-8-23(9-11-26)13-21-27(22(23)28)20(15-29-21)17-4-2-1-3-5-17/h1-7,12,20-21H,8-11,13,15H2/t20-,21-/m0/s1. The van der Waals surface area contributed by atoms with Gasteiger partial charge in [0.25, 0.3) is 0 Å². The average molecular weight is 391 g/mol. The number of piperidine rings is 1. The van der Waals surface area contributed by atoms with Crippen LogP contribution in [0.15, 0.2) is 48.5 Å². The lowest BCUT2D eigenvalue weighted by atomic mass is 9.76. The summed E-state index contributed by atoms with van der Waals surface area (Å²) in [4.78, 5) is 17.4. The third-order valence-electron chi connectivity index (χ3n) is 6.67. The van der Waals surface area contributed by atoms with Crippen molar-refractivity contribution in [2.75, 3.05) is 24.6 Å². The minimum absolute atomic E-state index is 0.0259. The van der Waals surface area contributed by atoms with E-state index in [1.54, 1.807) is 12.1 Å². The van der Waals surface area contributed by atoms with Crippen molar-refractivity contribution in [3.05, 3.63) is 65.5 Å². The van der Waals surface area contributed by atoms with Crippen LogP contribution in [0, 0.1) is 22.6 Å². The van der Waals surface area contributed by atoms with Gasteiger partial charge in [0, 0.05) is 19.5 Å². The molecule has 0 bridgehead atoms. The number of carbonyl (C=O) groups is 1. The van der Waals surface area contributed by atoms with Gasteiger partial charge >= 0.3 is 0 Å². The molecule has 0 unspecified atom stereocenters. The Balaban J connectivity index is 1.33. The zero-order chi connectivity index (χ0) is 20.0. The molecule has 3 fully saturated rings. The van der Waals surface area contributed by atoms with Crippen LogP contribution in [-0.4, -0.2) is 36.7 Å². The lowest BCUT2D eigenvalue weighted by Gasteiger charge is -2.39. The van der Waals surface area contributed by atoms with Crippen molar-refractivity contribution < 1.29 is 13.9 Å². The number of hydrogen-bond acceptors (Lipinski definition) is 4. The quantitative estimate of drug-likeness (QED) is 0.785. The molecule has 1 amide bonds. The minimum Gasteiger partial charge on any atom is -0.369 e.